The van der Waals surface area contributed by atoms with Crippen molar-refractivity contribution in [2.45, 2.75) is 25.5 Å². The lowest BCUT2D eigenvalue weighted by Gasteiger charge is -2.33. The molecule has 2 heterocycles. The zero-order valence-corrected chi connectivity index (χ0v) is 11.9. The Hall–Kier alpha value is -1.65. The van der Waals surface area contributed by atoms with E-state index in [1.54, 1.807) is 18.4 Å². The number of rotatable bonds is 4. The molecule has 1 aliphatic rings. The maximum Gasteiger partial charge on any atom is 0.123 e. The van der Waals surface area contributed by atoms with Crippen LogP contribution in [0.25, 0.3) is 0 Å². The van der Waals surface area contributed by atoms with Crippen molar-refractivity contribution in [3.63, 3.8) is 0 Å². The van der Waals surface area contributed by atoms with Crippen molar-refractivity contribution < 1.29 is 13.9 Å². The van der Waals surface area contributed by atoms with Crippen LogP contribution in [-0.4, -0.2) is 23.1 Å². The lowest BCUT2D eigenvalue weighted by molar-refractivity contribution is 0.0547. The van der Waals surface area contributed by atoms with Crippen LogP contribution >= 0.6 is 0 Å². The Morgan fingerprint density at radius 3 is 2.71 bits per heavy atom. The van der Waals surface area contributed by atoms with E-state index in [0.29, 0.717) is 5.56 Å². The van der Waals surface area contributed by atoms with Crippen LogP contribution in [0.1, 0.15) is 30.3 Å². The van der Waals surface area contributed by atoms with Gasteiger partial charge in [-0.2, -0.15) is 0 Å². The summed E-state index contributed by atoms with van der Waals surface area (Å²) in [6.07, 6.45) is 2.94. The second kappa shape index (κ2) is 6.41. The zero-order chi connectivity index (χ0) is 14.7. The van der Waals surface area contributed by atoms with E-state index in [-0.39, 0.29) is 11.7 Å². The van der Waals surface area contributed by atoms with Gasteiger partial charge < -0.3 is 9.52 Å². The van der Waals surface area contributed by atoms with Crippen molar-refractivity contribution in [1.82, 2.24) is 4.90 Å². The molecular weight excluding hydrogens is 269 g/mol. The average Bonchev–Trinajstić information content (AvgIpc) is 3.00. The summed E-state index contributed by atoms with van der Waals surface area (Å²) >= 11 is 0. The molecule has 4 heteroatoms. The Bertz CT molecular complexity index is 562. The smallest absolute Gasteiger partial charge is 0.123 e. The van der Waals surface area contributed by atoms with E-state index in [0.717, 1.165) is 38.2 Å². The molecule has 0 saturated carbocycles. The van der Waals surface area contributed by atoms with Crippen molar-refractivity contribution in [3.8, 4) is 0 Å². The largest absolute Gasteiger partial charge is 0.468 e. The standard InChI is InChI=1S/C17H20FNO2/c18-15-4-1-3-14(11-15)17(20)13-6-8-19(9-7-13)12-16-5-2-10-21-16/h1-5,10-11,13,17,20H,6-9,12H2. The van der Waals surface area contributed by atoms with Gasteiger partial charge in [-0.3, -0.25) is 4.90 Å². The maximum absolute atomic E-state index is 13.2. The van der Waals surface area contributed by atoms with Gasteiger partial charge in [0.2, 0.25) is 0 Å². The first kappa shape index (κ1) is 14.3. The predicted molar refractivity (Wildman–Crippen MR) is 78.1 cm³/mol. The first-order valence-corrected chi connectivity index (χ1v) is 7.40. The number of benzene rings is 1. The van der Waals surface area contributed by atoms with Crippen LogP contribution in [0.5, 0.6) is 0 Å². The van der Waals surface area contributed by atoms with E-state index in [4.69, 9.17) is 4.42 Å². The molecule has 21 heavy (non-hydrogen) atoms. The first-order chi connectivity index (χ1) is 10.2. The highest BCUT2D eigenvalue weighted by molar-refractivity contribution is 5.19. The van der Waals surface area contributed by atoms with Crippen LogP contribution in [0.4, 0.5) is 4.39 Å². The van der Waals surface area contributed by atoms with Crippen LogP contribution in [0.2, 0.25) is 0 Å². The van der Waals surface area contributed by atoms with Gasteiger partial charge in [-0.25, -0.2) is 4.39 Å². The summed E-state index contributed by atoms with van der Waals surface area (Å²) in [5, 5.41) is 10.4. The third-order valence-corrected chi connectivity index (χ3v) is 4.23. The molecule has 1 N–H and O–H groups in total. The predicted octanol–water partition coefficient (Wildman–Crippen LogP) is 3.36. The van der Waals surface area contributed by atoms with E-state index >= 15 is 0 Å². The summed E-state index contributed by atoms with van der Waals surface area (Å²) in [4.78, 5) is 2.33. The van der Waals surface area contributed by atoms with E-state index in [2.05, 4.69) is 4.90 Å². The average molecular weight is 289 g/mol. The number of hydrogen-bond donors (Lipinski definition) is 1. The van der Waals surface area contributed by atoms with Crippen molar-refractivity contribution in [2.75, 3.05) is 13.1 Å². The van der Waals surface area contributed by atoms with Gasteiger partial charge in [0, 0.05) is 0 Å². The number of aliphatic hydroxyl groups is 1. The summed E-state index contributed by atoms with van der Waals surface area (Å²) in [6, 6.07) is 10.2. The number of nitrogens with zero attached hydrogens (tertiary/aromatic N) is 1. The van der Waals surface area contributed by atoms with Gasteiger partial charge >= 0.3 is 0 Å². The highest BCUT2D eigenvalue weighted by Gasteiger charge is 2.26. The molecule has 1 atom stereocenters. The van der Waals surface area contributed by atoms with E-state index in [1.165, 1.54) is 12.1 Å². The fourth-order valence-corrected chi connectivity index (χ4v) is 3.01. The highest BCUT2D eigenvalue weighted by atomic mass is 19.1. The Kier molecular flexibility index (Phi) is 4.36. The maximum atomic E-state index is 13.2. The molecule has 1 saturated heterocycles. The van der Waals surface area contributed by atoms with Gasteiger partial charge in [0.25, 0.3) is 0 Å². The van der Waals surface area contributed by atoms with Gasteiger partial charge in [-0.1, -0.05) is 12.1 Å². The number of aliphatic hydroxyl groups excluding tert-OH is 1. The third-order valence-electron chi connectivity index (χ3n) is 4.23. The monoisotopic (exact) mass is 289 g/mol. The molecule has 1 unspecified atom stereocenters. The molecule has 3 rings (SSSR count). The van der Waals surface area contributed by atoms with Crippen LogP contribution in [0.15, 0.2) is 47.1 Å². The number of furan rings is 1. The van der Waals surface area contributed by atoms with Crippen molar-refractivity contribution in [2.24, 2.45) is 5.92 Å². The van der Waals surface area contributed by atoms with E-state index < -0.39 is 6.10 Å². The lowest BCUT2D eigenvalue weighted by atomic mass is 9.87. The van der Waals surface area contributed by atoms with Gasteiger partial charge in [0.05, 0.1) is 18.9 Å². The van der Waals surface area contributed by atoms with Gasteiger partial charge in [0.15, 0.2) is 0 Å². The molecule has 1 aromatic heterocycles. The first-order valence-electron chi connectivity index (χ1n) is 7.40. The number of hydrogen-bond acceptors (Lipinski definition) is 3. The summed E-state index contributed by atoms with van der Waals surface area (Å²) in [7, 11) is 0. The molecule has 0 radical (unpaired) electrons. The quantitative estimate of drug-likeness (QED) is 0.937. The number of piperidine rings is 1. The van der Waals surface area contributed by atoms with Gasteiger partial charge in [0.1, 0.15) is 11.6 Å². The SMILES string of the molecule is OC(c1cccc(F)c1)C1CCN(Cc2ccco2)CC1. The van der Waals surface area contributed by atoms with E-state index in [9.17, 15) is 9.50 Å². The molecule has 0 amide bonds. The molecule has 112 valence electrons. The molecule has 0 aliphatic carbocycles. The minimum atomic E-state index is -0.577. The Morgan fingerprint density at radius 2 is 2.05 bits per heavy atom. The number of halogens is 1. The zero-order valence-electron chi connectivity index (χ0n) is 11.9. The minimum Gasteiger partial charge on any atom is -0.468 e. The summed E-state index contributed by atoms with van der Waals surface area (Å²) in [5.74, 6) is 0.876. The summed E-state index contributed by atoms with van der Waals surface area (Å²) < 4.78 is 18.6. The van der Waals surface area contributed by atoms with Crippen molar-refractivity contribution >= 4 is 0 Å². The van der Waals surface area contributed by atoms with Crippen LogP contribution < -0.4 is 0 Å². The van der Waals surface area contributed by atoms with Gasteiger partial charge in [-0.15, -0.1) is 0 Å². The Morgan fingerprint density at radius 1 is 1.24 bits per heavy atom. The van der Waals surface area contributed by atoms with Crippen LogP contribution in [0.3, 0.4) is 0 Å². The Balaban J connectivity index is 1.55. The van der Waals surface area contributed by atoms with E-state index in [1.807, 2.05) is 12.1 Å². The van der Waals surface area contributed by atoms with Crippen LogP contribution in [0, 0.1) is 11.7 Å². The second-order valence-electron chi connectivity index (χ2n) is 5.69. The minimum absolute atomic E-state index is 0.194. The third kappa shape index (κ3) is 3.52. The molecule has 1 aromatic carbocycles. The molecule has 2 aromatic rings. The van der Waals surface area contributed by atoms with Crippen LogP contribution in [-0.2, 0) is 6.54 Å². The fourth-order valence-electron chi connectivity index (χ4n) is 3.01. The van der Waals surface area contributed by atoms with Crippen molar-refractivity contribution in [3.05, 3.63) is 59.8 Å². The molecule has 3 nitrogen and oxygen atoms in total. The molecule has 0 spiro atoms. The molecular formula is C17H20FNO2. The fraction of sp³-hybridized carbons (Fsp3) is 0.412. The molecule has 1 aliphatic heterocycles. The topological polar surface area (TPSA) is 36.6 Å². The normalized spacial score (nSPS) is 18.8. The molecule has 0 bridgehead atoms. The summed E-state index contributed by atoms with van der Waals surface area (Å²) in [5.41, 5.74) is 0.680. The van der Waals surface area contributed by atoms with Gasteiger partial charge in [-0.05, 0) is 61.7 Å². The lowest BCUT2D eigenvalue weighted by Crippen LogP contribution is -2.35. The Labute approximate surface area is 124 Å². The van der Waals surface area contributed by atoms with Crippen molar-refractivity contribution in [1.29, 1.82) is 0 Å². The summed E-state index contributed by atoms with van der Waals surface area (Å²) in [6.45, 7) is 2.67. The number of likely N-dealkylation sites (tertiary alicyclic amines) is 1. The molecule has 1 fully saturated rings. The highest BCUT2D eigenvalue weighted by Crippen LogP contribution is 2.31. The second-order valence-corrected chi connectivity index (χ2v) is 5.69.